The average molecular weight is 223 g/mol. The molecule has 0 saturated carbocycles. The third-order valence-corrected chi connectivity index (χ3v) is 2.95. The molecule has 0 saturated heterocycles. The van der Waals surface area contributed by atoms with Crippen molar-refractivity contribution in [2.24, 2.45) is 0 Å². The van der Waals surface area contributed by atoms with Crippen molar-refractivity contribution >= 4 is 23.5 Å². The van der Waals surface area contributed by atoms with Crippen LogP contribution < -0.4 is 0 Å². The first-order valence-electron chi connectivity index (χ1n) is 5.04. The van der Waals surface area contributed by atoms with Gasteiger partial charge in [-0.15, -0.1) is 0 Å². The van der Waals surface area contributed by atoms with Gasteiger partial charge in [0, 0.05) is 23.4 Å². The molecule has 0 aliphatic carbocycles. The van der Waals surface area contributed by atoms with E-state index in [1.54, 1.807) is 6.07 Å². The van der Waals surface area contributed by atoms with E-state index >= 15 is 0 Å². The summed E-state index contributed by atoms with van der Waals surface area (Å²) in [5, 5.41) is 0.709. The van der Waals surface area contributed by atoms with Crippen LogP contribution in [0.2, 0.25) is 0 Å². The molecule has 0 aliphatic heterocycles. The number of halogens is 1. The van der Waals surface area contributed by atoms with E-state index in [1.165, 1.54) is 6.07 Å². The van der Waals surface area contributed by atoms with Crippen LogP contribution in [0.4, 0.5) is 4.39 Å². The van der Waals surface area contributed by atoms with Crippen molar-refractivity contribution in [3.05, 3.63) is 35.8 Å². The van der Waals surface area contributed by atoms with E-state index in [2.05, 4.69) is 31.0 Å². The van der Waals surface area contributed by atoms with Gasteiger partial charge in [0.25, 0.3) is 0 Å². The first-order valence-corrected chi connectivity index (χ1v) is 5.67. The fraction of sp³-hybridized carbons (Fsp3) is 0.333. The first-order chi connectivity index (χ1) is 7.15. The zero-order valence-electron chi connectivity index (χ0n) is 8.87. The Morgan fingerprint density at radius 3 is 2.73 bits per heavy atom. The van der Waals surface area contributed by atoms with Gasteiger partial charge in [0.2, 0.25) is 0 Å². The van der Waals surface area contributed by atoms with Gasteiger partial charge in [-0.1, -0.05) is 6.07 Å². The van der Waals surface area contributed by atoms with Crippen molar-refractivity contribution < 1.29 is 4.39 Å². The monoisotopic (exact) mass is 223 g/mol. The first kappa shape index (κ1) is 10.6. The molecule has 15 heavy (non-hydrogen) atoms. The summed E-state index contributed by atoms with van der Waals surface area (Å²) < 4.78 is 15.8. The van der Waals surface area contributed by atoms with Gasteiger partial charge in [-0.2, -0.15) is 12.6 Å². The topological polar surface area (TPSA) is 4.93 Å². The van der Waals surface area contributed by atoms with Gasteiger partial charge in [-0.25, -0.2) is 4.39 Å². The Morgan fingerprint density at radius 1 is 1.40 bits per heavy atom. The molecule has 0 aliphatic rings. The van der Waals surface area contributed by atoms with Gasteiger partial charge in [0.05, 0.1) is 5.52 Å². The lowest BCUT2D eigenvalue weighted by Crippen LogP contribution is -1.97. The molecule has 1 heterocycles. The Labute approximate surface area is 94.3 Å². The quantitative estimate of drug-likeness (QED) is 0.739. The Balaban J connectivity index is 2.81. The number of thiol groups is 1. The molecule has 80 valence electrons. The van der Waals surface area contributed by atoms with Crippen LogP contribution in [-0.2, 0) is 5.75 Å². The molecule has 1 aromatic carbocycles. The molecule has 1 aromatic heterocycles. The highest BCUT2D eigenvalue weighted by atomic mass is 32.1. The lowest BCUT2D eigenvalue weighted by atomic mass is 10.2. The summed E-state index contributed by atoms with van der Waals surface area (Å²) in [4.78, 5) is 0. The zero-order valence-corrected chi connectivity index (χ0v) is 9.76. The molecule has 0 bridgehead atoms. The normalized spacial score (nSPS) is 11.5. The summed E-state index contributed by atoms with van der Waals surface area (Å²) in [6, 6.07) is 5.53. The van der Waals surface area contributed by atoms with E-state index in [9.17, 15) is 4.39 Å². The van der Waals surface area contributed by atoms with Crippen molar-refractivity contribution in [2.45, 2.75) is 25.6 Å². The van der Waals surface area contributed by atoms with Crippen LogP contribution in [0.15, 0.2) is 24.4 Å². The Hall–Kier alpha value is -0.960. The van der Waals surface area contributed by atoms with Crippen LogP contribution in [0.25, 0.3) is 10.9 Å². The van der Waals surface area contributed by atoms with Crippen LogP contribution >= 0.6 is 12.6 Å². The minimum absolute atomic E-state index is 0.157. The summed E-state index contributed by atoms with van der Waals surface area (Å²) in [5.41, 5.74) is 1.91. The predicted molar refractivity (Wildman–Crippen MR) is 65.0 cm³/mol. The van der Waals surface area contributed by atoms with Gasteiger partial charge >= 0.3 is 0 Å². The van der Waals surface area contributed by atoms with Gasteiger partial charge in [-0.05, 0) is 31.5 Å². The van der Waals surface area contributed by atoms with Gasteiger partial charge in [0.15, 0.2) is 0 Å². The van der Waals surface area contributed by atoms with Crippen molar-refractivity contribution in [2.75, 3.05) is 0 Å². The number of benzene rings is 1. The largest absolute Gasteiger partial charge is 0.345 e. The number of hydrogen-bond acceptors (Lipinski definition) is 1. The Morgan fingerprint density at radius 2 is 2.13 bits per heavy atom. The highest BCUT2D eigenvalue weighted by molar-refractivity contribution is 7.79. The molecule has 0 fully saturated rings. The third-order valence-electron chi connectivity index (χ3n) is 2.61. The molecular weight excluding hydrogens is 209 g/mol. The second-order valence-electron chi connectivity index (χ2n) is 3.95. The minimum Gasteiger partial charge on any atom is -0.345 e. The number of nitrogens with zero attached hydrogens (tertiary/aromatic N) is 1. The molecule has 0 spiro atoms. The molecule has 2 rings (SSSR count). The molecule has 1 nitrogen and oxygen atoms in total. The zero-order chi connectivity index (χ0) is 11.0. The second kappa shape index (κ2) is 3.89. The summed E-state index contributed by atoms with van der Waals surface area (Å²) in [6.07, 6.45) is 1.99. The molecule has 0 atom stereocenters. The number of aromatic nitrogens is 1. The molecule has 0 unspecified atom stereocenters. The third kappa shape index (κ3) is 1.65. The highest BCUT2D eigenvalue weighted by Gasteiger charge is 2.12. The Bertz CT molecular complexity index is 488. The van der Waals surface area contributed by atoms with E-state index in [4.69, 9.17) is 0 Å². The van der Waals surface area contributed by atoms with Crippen LogP contribution in [0.3, 0.4) is 0 Å². The number of hydrogen-bond donors (Lipinski definition) is 1. The molecule has 2 aromatic rings. The second-order valence-corrected chi connectivity index (χ2v) is 4.26. The van der Waals surface area contributed by atoms with E-state index < -0.39 is 0 Å². The maximum Gasteiger partial charge on any atom is 0.132 e. The van der Waals surface area contributed by atoms with Crippen molar-refractivity contribution in [1.82, 2.24) is 4.57 Å². The number of rotatable bonds is 2. The van der Waals surface area contributed by atoms with Crippen LogP contribution in [0, 0.1) is 5.82 Å². The molecule has 0 amide bonds. The van der Waals surface area contributed by atoms with Gasteiger partial charge < -0.3 is 4.57 Å². The number of fused-ring (bicyclic) bond motifs is 1. The molecular formula is C12H14FNS. The summed E-state index contributed by atoms with van der Waals surface area (Å²) in [7, 11) is 0. The highest BCUT2D eigenvalue weighted by Crippen LogP contribution is 2.27. The van der Waals surface area contributed by atoms with Crippen LogP contribution in [0.1, 0.15) is 25.5 Å². The summed E-state index contributed by atoms with van der Waals surface area (Å²) in [5.74, 6) is 0.410. The fourth-order valence-electron chi connectivity index (χ4n) is 1.89. The minimum atomic E-state index is -0.157. The lowest BCUT2D eigenvalue weighted by Gasteiger charge is -2.08. The SMILES string of the molecule is CC(C)n1cc(CS)c2c(F)cccc21. The molecule has 3 heteroatoms. The van der Waals surface area contributed by atoms with E-state index in [-0.39, 0.29) is 5.82 Å². The van der Waals surface area contributed by atoms with Crippen molar-refractivity contribution in [1.29, 1.82) is 0 Å². The standard InChI is InChI=1S/C12H14FNS/c1-8(2)14-6-9(7-15)12-10(13)4-3-5-11(12)14/h3-6,8,15H,7H2,1-2H3. The Kier molecular flexibility index (Phi) is 2.74. The summed E-state index contributed by atoms with van der Waals surface area (Å²) >= 11 is 4.24. The lowest BCUT2D eigenvalue weighted by molar-refractivity contribution is 0.619. The smallest absolute Gasteiger partial charge is 0.132 e. The van der Waals surface area contributed by atoms with E-state index in [1.807, 2.05) is 12.3 Å². The molecule has 0 N–H and O–H groups in total. The predicted octanol–water partition coefficient (Wildman–Crippen LogP) is 3.79. The van der Waals surface area contributed by atoms with Crippen molar-refractivity contribution in [3.63, 3.8) is 0 Å². The van der Waals surface area contributed by atoms with Gasteiger partial charge in [0.1, 0.15) is 5.82 Å². The van der Waals surface area contributed by atoms with E-state index in [0.29, 0.717) is 17.2 Å². The average Bonchev–Trinajstić information content (AvgIpc) is 2.58. The van der Waals surface area contributed by atoms with Gasteiger partial charge in [-0.3, -0.25) is 0 Å². The maximum absolute atomic E-state index is 13.7. The maximum atomic E-state index is 13.7. The summed E-state index contributed by atoms with van der Waals surface area (Å²) in [6.45, 7) is 4.18. The molecule has 0 radical (unpaired) electrons. The van der Waals surface area contributed by atoms with Crippen LogP contribution in [-0.4, -0.2) is 4.57 Å². The van der Waals surface area contributed by atoms with Crippen LogP contribution in [0.5, 0.6) is 0 Å². The fourth-order valence-corrected chi connectivity index (χ4v) is 2.13. The van der Waals surface area contributed by atoms with Crippen molar-refractivity contribution in [3.8, 4) is 0 Å². The van der Waals surface area contributed by atoms with E-state index in [0.717, 1.165) is 11.1 Å².